The number of aliphatic carboxylic acids is 1. The summed E-state index contributed by atoms with van der Waals surface area (Å²) in [6, 6.07) is -2.54. The van der Waals surface area contributed by atoms with E-state index in [9.17, 15) is 75.7 Å². The van der Waals surface area contributed by atoms with Crippen molar-refractivity contribution in [2.45, 2.75) is 355 Å². The first-order chi connectivity index (χ1) is 43.4. The first-order valence-electron chi connectivity index (χ1n) is 34.7. The van der Waals surface area contributed by atoms with Crippen LogP contribution < -0.4 is 10.6 Å². The molecule has 3 saturated heterocycles. The van der Waals surface area contributed by atoms with Crippen molar-refractivity contribution in [2.75, 3.05) is 26.4 Å². The van der Waals surface area contributed by atoms with E-state index in [1.807, 2.05) is 0 Å². The molecule has 3 aliphatic rings. The number of carboxylic acids is 1. The lowest BCUT2D eigenvalue weighted by atomic mass is 9.88. The summed E-state index contributed by atoms with van der Waals surface area (Å²) in [5, 5.41) is 136. The van der Waals surface area contributed by atoms with Crippen LogP contribution in [0.15, 0.2) is 24.3 Å². The molecule has 18 atom stereocenters. The monoisotopic (exact) mass is 1290 g/mol. The fraction of sp³-hybridized carbons (Fsp3) is 0.896. The van der Waals surface area contributed by atoms with E-state index in [0.717, 1.165) is 77.6 Å². The molecule has 0 saturated carbocycles. The highest BCUT2D eigenvalue weighted by Crippen LogP contribution is 2.39. The SMILES string of the molecule is CCCCC/C=C\C=C/CCCCCCCCC(=O)NC(COC1OC(CO)C(OC2OC(CO)C(O)C(OC3(C(=O)O)CC(O)C(NC(C)=O)C(C(O)C(O)CO)O3)C2O)C(O)C1O)C(O)CCCCCCCCCCCCCCCCCCCCCCC. The van der Waals surface area contributed by atoms with Gasteiger partial charge in [0.2, 0.25) is 11.8 Å². The normalized spacial score (nSPS) is 28.7. The lowest BCUT2D eigenvalue weighted by Crippen LogP contribution is -2.70. The van der Waals surface area contributed by atoms with Gasteiger partial charge in [-0.3, -0.25) is 9.59 Å². The second-order valence-corrected chi connectivity index (χ2v) is 25.4. The molecule has 0 radical (unpaired) electrons. The van der Waals surface area contributed by atoms with Gasteiger partial charge in [-0.2, -0.15) is 0 Å². The number of carbonyl (C=O) groups excluding carboxylic acids is 2. The average molecular weight is 1290 g/mol. The zero-order valence-corrected chi connectivity index (χ0v) is 54.7. The summed E-state index contributed by atoms with van der Waals surface area (Å²) in [6.07, 6.45) is 17.5. The molecule has 3 fully saturated rings. The number of amides is 2. The number of aliphatic hydroxyl groups excluding tert-OH is 11. The van der Waals surface area contributed by atoms with Crippen molar-refractivity contribution < 1.29 is 104 Å². The lowest BCUT2D eigenvalue weighted by molar-refractivity contribution is -0.386. The van der Waals surface area contributed by atoms with E-state index in [4.69, 9.17) is 28.4 Å². The molecular formula is C67H122N2O21. The minimum atomic E-state index is -3.08. The Morgan fingerprint density at radius 2 is 1.06 bits per heavy atom. The summed E-state index contributed by atoms with van der Waals surface area (Å²) in [7, 11) is 0. The van der Waals surface area contributed by atoms with Crippen LogP contribution in [-0.4, -0.2) is 215 Å². The first kappa shape index (κ1) is 81.4. The van der Waals surface area contributed by atoms with Gasteiger partial charge in [-0.05, 0) is 38.5 Å². The Bertz CT molecular complexity index is 1920. The highest BCUT2D eigenvalue weighted by atomic mass is 16.8. The number of aliphatic hydroxyl groups is 11. The number of hydrogen-bond donors (Lipinski definition) is 14. The van der Waals surface area contributed by atoms with E-state index in [-0.39, 0.29) is 18.9 Å². The number of ether oxygens (including phenoxy) is 6. The van der Waals surface area contributed by atoms with E-state index < -0.39 is 148 Å². The van der Waals surface area contributed by atoms with Crippen molar-refractivity contribution in [1.29, 1.82) is 0 Å². The molecule has 0 aromatic rings. The number of nitrogens with one attached hydrogen (secondary N) is 2. The van der Waals surface area contributed by atoms with E-state index in [1.54, 1.807) is 0 Å². The maximum atomic E-state index is 13.4. The molecule has 2 amide bonds. The van der Waals surface area contributed by atoms with Crippen molar-refractivity contribution in [3.63, 3.8) is 0 Å². The molecule has 0 spiro atoms. The van der Waals surface area contributed by atoms with Gasteiger partial charge in [-0.25, -0.2) is 4.79 Å². The molecule has 90 heavy (non-hydrogen) atoms. The Balaban J connectivity index is 1.59. The molecule has 0 aliphatic carbocycles. The van der Waals surface area contributed by atoms with E-state index in [0.29, 0.717) is 19.3 Å². The zero-order valence-electron chi connectivity index (χ0n) is 54.7. The number of hydrogen-bond acceptors (Lipinski definition) is 20. The van der Waals surface area contributed by atoms with Gasteiger partial charge < -0.3 is 100 Å². The summed E-state index contributed by atoms with van der Waals surface area (Å²) in [5.41, 5.74) is 0. The van der Waals surface area contributed by atoms with Crippen molar-refractivity contribution in [1.82, 2.24) is 10.6 Å². The van der Waals surface area contributed by atoms with E-state index in [2.05, 4.69) is 48.8 Å². The summed E-state index contributed by atoms with van der Waals surface area (Å²) >= 11 is 0. The van der Waals surface area contributed by atoms with Crippen LogP contribution in [0.5, 0.6) is 0 Å². The van der Waals surface area contributed by atoms with E-state index in [1.165, 1.54) is 122 Å². The predicted molar refractivity (Wildman–Crippen MR) is 338 cm³/mol. The molecule has 18 unspecified atom stereocenters. The van der Waals surface area contributed by atoms with Gasteiger partial charge in [0.25, 0.3) is 5.79 Å². The largest absolute Gasteiger partial charge is 0.477 e. The molecule has 0 aromatic carbocycles. The van der Waals surface area contributed by atoms with Crippen LogP contribution in [0, 0.1) is 0 Å². The Morgan fingerprint density at radius 1 is 0.578 bits per heavy atom. The van der Waals surface area contributed by atoms with Crippen LogP contribution >= 0.6 is 0 Å². The Hall–Kier alpha value is -2.79. The maximum absolute atomic E-state index is 13.4. The average Bonchev–Trinajstić information content (AvgIpc) is 0.838. The third kappa shape index (κ3) is 30.3. The molecule has 23 nitrogen and oxygen atoms in total. The lowest BCUT2D eigenvalue weighted by Gasteiger charge is -2.50. The van der Waals surface area contributed by atoms with Crippen LogP contribution in [0.25, 0.3) is 0 Å². The third-order valence-corrected chi connectivity index (χ3v) is 17.7. The van der Waals surface area contributed by atoms with E-state index >= 15 is 0 Å². The Kier molecular flexibility index (Phi) is 43.4. The van der Waals surface area contributed by atoms with Gasteiger partial charge in [0.1, 0.15) is 67.1 Å². The van der Waals surface area contributed by atoms with Gasteiger partial charge in [0.15, 0.2) is 12.6 Å². The molecule has 14 N–H and O–H groups in total. The summed E-state index contributed by atoms with van der Waals surface area (Å²) in [4.78, 5) is 38.5. The molecule has 0 aromatic heterocycles. The predicted octanol–water partition coefficient (Wildman–Crippen LogP) is 6.06. The smallest absolute Gasteiger partial charge is 0.364 e. The Morgan fingerprint density at radius 3 is 1.56 bits per heavy atom. The van der Waals surface area contributed by atoms with Crippen molar-refractivity contribution in [2.24, 2.45) is 0 Å². The van der Waals surface area contributed by atoms with Crippen LogP contribution in [0.2, 0.25) is 0 Å². The molecule has 3 heterocycles. The summed E-state index contributed by atoms with van der Waals surface area (Å²) in [5.74, 6) is -6.11. The van der Waals surface area contributed by atoms with Crippen molar-refractivity contribution in [3.05, 3.63) is 24.3 Å². The number of unbranched alkanes of at least 4 members (excludes halogenated alkanes) is 29. The first-order valence-corrected chi connectivity index (χ1v) is 34.7. The van der Waals surface area contributed by atoms with Gasteiger partial charge in [-0.15, -0.1) is 0 Å². The van der Waals surface area contributed by atoms with Crippen LogP contribution in [0.1, 0.15) is 245 Å². The second kappa shape index (κ2) is 48.0. The quantitative estimate of drug-likeness (QED) is 0.0243. The molecule has 23 heteroatoms. The molecular weight excluding hydrogens is 1170 g/mol. The second-order valence-electron chi connectivity index (χ2n) is 25.4. The number of rotatable bonds is 52. The fourth-order valence-corrected chi connectivity index (χ4v) is 12.1. The summed E-state index contributed by atoms with van der Waals surface area (Å²) < 4.78 is 34.8. The van der Waals surface area contributed by atoms with Gasteiger partial charge in [-0.1, -0.05) is 212 Å². The van der Waals surface area contributed by atoms with Gasteiger partial charge in [0, 0.05) is 19.8 Å². The van der Waals surface area contributed by atoms with Crippen LogP contribution in [0.3, 0.4) is 0 Å². The molecule has 3 rings (SSSR count). The van der Waals surface area contributed by atoms with Crippen LogP contribution in [0.4, 0.5) is 0 Å². The number of carboxylic acid groups (broad SMARTS) is 1. The third-order valence-electron chi connectivity index (χ3n) is 17.7. The molecule has 3 aliphatic heterocycles. The topological polar surface area (TPSA) is 373 Å². The van der Waals surface area contributed by atoms with Gasteiger partial charge >= 0.3 is 5.97 Å². The highest BCUT2D eigenvalue weighted by Gasteiger charge is 2.60. The number of carbonyl (C=O) groups is 3. The van der Waals surface area contributed by atoms with Gasteiger partial charge in [0.05, 0.1) is 50.7 Å². The minimum Gasteiger partial charge on any atom is -0.477 e. The maximum Gasteiger partial charge on any atom is 0.364 e. The molecule has 526 valence electrons. The highest BCUT2D eigenvalue weighted by molar-refractivity contribution is 5.77. The number of allylic oxidation sites excluding steroid dienone is 4. The Labute approximate surface area is 536 Å². The van der Waals surface area contributed by atoms with Crippen molar-refractivity contribution >= 4 is 17.8 Å². The minimum absolute atomic E-state index is 0.210. The standard InChI is InChI=1S/C67H122N2O21/c1-4-6-8-10-12-14-16-18-20-21-22-23-24-25-27-28-30-32-34-36-38-40-49(74)48(69-54(77)41-39-37-35-33-31-29-26-19-17-15-13-11-9-7-5-2)46-85-64-59(81)58(80)61(53(45-72)87-64)88-65-60(82)63(57(79)52(44-71)86-65)90-67(66(83)84)42-50(75)55(68-47(3)73)62(89-67)56(78)51(76)43-70/h13,15,17,19,48-53,55-65,70-72,74-76,78-82H,4-12,14,16,18,20-46H2,1-3H3,(H,68,73)(H,69,77)(H,83,84)/b15-13-,19-17-. The van der Waals surface area contributed by atoms with Crippen LogP contribution in [-0.2, 0) is 42.8 Å². The fourth-order valence-electron chi connectivity index (χ4n) is 12.1. The van der Waals surface area contributed by atoms with Crippen molar-refractivity contribution in [3.8, 4) is 0 Å². The molecule has 0 bridgehead atoms. The summed E-state index contributed by atoms with van der Waals surface area (Å²) in [6.45, 7) is 2.17. The zero-order chi connectivity index (χ0) is 66.1.